The number of benzene rings is 2. The summed E-state index contributed by atoms with van der Waals surface area (Å²) in [5.74, 6) is -0.790. The average Bonchev–Trinajstić information content (AvgIpc) is 3.24. The summed E-state index contributed by atoms with van der Waals surface area (Å²) in [5, 5.41) is 6.20. The maximum Gasteiger partial charge on any atom is 0.243 e. The van der Waals surface area contributed by atoms with Gasteiger partial charge in [0.15, 0.2) is 5.82 Å². The molecule has 0 aliphatic rings. The van der Waals surface area contributed by atoms with Gasteiger partial charge in [-0.25, -0.2) is 26.4 Å². The minimum Gasteiger partial charge on any atom is -0.211 e. The topological polar surface area (TPSA) is 76.4 Å². The second-order valence-corrected chi connectivity index (χ2v) is 8.52. The van der Waals surface area contributed by atoms with Gasteiger partial charge in [-0.05, 0) is 24.3 Å². The molecule has 0 saturated heterocycles. The molecule has 0 aliphatic heterocycles. The first-order chi connectivity index (χ1) is 13.4. The van der Waals surface area contributed by atoms with E-state index in [1.165, 1.54) is 41.7 Å². The zero-order chi connectivity index (χ0) is 19.7. The minimum absolute atomic E-state index is 0.0671. The molecule has 2 heterocycles. The molecule has 6 nitrogen and oxygen atoms in total. The molecule has 0 fully saturated rings. The van der Waals surface area contributed by atoms with E-state index in [4.69, 9.17) is 0 Å². The lowest BCUT2D eigenvalue weighted by molar-refractivity contribution is 0.556. The Hall–Kier alpha value is -2.69. The van der Waals surface area contributed by atoms with Gasteiger partial charge in [0.25, 0.3) is 0 Å². The van der Waals surface area contributed by atoms with Crippen LogP contribution >= 0.6 is 11.3 Å². The van der Waals surface area contributed by atoms with E-state index in [9.17, 15) is 17.2 Å². The van der Waals surface area contributed by atoms with E-state index in [1.807, 2.05) is 5.38 Å². The number of nitrogens with zero attached hydrogens (tertiary/aromatic N) is 3. The lowest BCUT2D eigenvalue weighted by atomic mass is 10.2. The number of hydrogen-bond donors (Lipinski definition) is 1. The van der Waals surface area contributed by atoms with E-state index in [0.717, 1.165) is 11.8 Å². The Labute approximate surface area is 163 Å². The molecule has 0 unspecified atom stereocenters. The molecule has 0 saturated carbocycles. The molecule has 1 N–H and O–H groups in total. The molecule has 0 radical (unpaired) electrons. The quantitative estimate of drug-likeness (QED) is 0.520. The van der Waals surface area contributed by atoms with Crippen LogP contribution in [0.2, 0.25) is 0 Å². The van der Waals surface area contributed by atoms with Crippen molar-refractivity contribution >= 4 is 26.3 Å². The molecule has 0 amide bonds. The lowest BCUT2D eigenvalue weighted by Crippen LogP contribution is -2.27. The highest BCUT2D eigenvalue weighted by Gasteiger charge is 2.18. The third kappa shape index (κ3) is 3.66. The van der Waals surface area contributed by atoms with Crippen LogP contribution in [0.25, 0.3) is 16.3 Å². The van der Waals surface area contributed by atoms with E-state index in [0.29, 0.717) is 22.8 Å². The number of hydrogen-bond acceptors (Lipinski definition) is 5. The zero-order valence-corrected chi connectivity index (χ0v) is 16.0. The van der Waals surface area contributed by atoms with Crippen LogP contribution in [0.3, 0.4) is 0 Å². The Morgan fingerprint density at radius 3 is 2.71 bits per heavy atom. The Kier molecular flexibility index (Phi) is 4.92. The molecule has 0 aliphatic carbocycles. The molecule has 28 heavy (non-hydrogen) atoms. The fourth-order valence-electron chi connectivity index (χ4n) is 2.70. The van der Waals surface area contributed by atoms with Crippen molar-refractivity contribution in [3.8, 4) is 11.4 Å². The average molecular weight is 420 g/mol. The van der Waals surface area contributed by atoms with Gasteiger partial charge >= 0.3 is 0 Å². The predicted molar refractivity (Wildman–Crippen MR) is 102 cm³/mol. The highest BCUT2D eigenvalue weighted by molar-refractivity contribution is 7.89. The van der Waals surface area contributed by atoms with E-state index in [2.05, 4.69) is 14.8 Å². The monoisotopic (exact) mass is 420 g/mol. The van der Waals surface area contributed by atoms with Gasteiger partial charge in [0.2, 0.25) is 15.0 Å². The maximum absolute atomic E-state index is 13.7. The smallest absolute Gasteiger partial charge is 0.211 e. The molecule has 0 atom stereocenters. The number of rotatable bonds is 6. The molecular weight excluding hydrogens is 406 g/mol. The largest absolute Gasteiger partial charge is 0.243 e. The molecule has 0 bridgehead atoms. The summed E-state index contributed by atoms with van der Waals surface area (Å²) in [5.41, 5.74) is 1.30. The third-order valence-electron chi connectivity index (χ3n) is 4.03. The Morgan fingerprint density at radius 2 is 1.93 bits per heavy atom. The van der Waals surface area contributed by atoms with Crippen molar-refractivity contribution in [1.82, 2.24) is 19.3 Å². The SMILES string of the molecule is O=S(=O)(NCCc1csc2nc(-c3cccc(F)c3)nn12)c1ccccc1F. The van der Waals surface area contributed by atoms with Gasteiger partial charge in [-0.15, -0.1) is 16.4 Å². The van der Waals surface area contributed by atoms with E-state index in [1.54, 1.807) is 16.6 Å². The standard InChI is InChI=1S/C18H14F2N4O2S2/c19-13-5-3-4-12(10-13)17-22-18-24(23-17)14(11-27-18)8-9-21-28(25,26)16-7-2-1-6-15(16)20/h1-7,10-11,21H,8-9H2. The van der Waals surface area contributed by atoms with E-state index >= 15 is 0 Å². The first-order valence-corrected chi connectivity index (χ1v) is 10.6. The van der Waals surface area contributed by atoms with Crippen molar-refractivity contribution in [2.75, 3.05) is 6.54 Å². The van der Waals surface area contributed by atoms with Crippen LogP contribution in [0.1, 0.15) is 5.69 Å². The maximum atomic E-state index is 13.7. The van der Waals surface area contributed by atoms with Gasteiger partial charge in [-0.2, -0.15) is 4.98 Å². The van der Waals surface area contributed by atoms with Crippen molar-refractivity contribution in [2.24, 2.45) is 0 Å². The number of sulfonamides is 1. The van der Waals surface area contributed by atoms with Gasteiger partial charge in [0, 0.05) is 23.9 Å². The van der Waals surface area contributed by atoms with Crippen LogP contribution < -0.4 is 4.72 Å². The van der Waals surface area contributed by atoms with Gasteiger partial charge in [-0.1, -0.05) is 24.3 Å². The number of halogens is 2. The number of thiazole rings is 1. The Balaban J connectivity index is 1.51. The minimum atomic E-state index is -3.95. The number of aromatic nitrogens is 3. The van der Waals surface area contributed by atoms with Crippen molar-refractivity contribution in [3.05, 3.63) is 71.2 Å². The summed E-state index contributed by atoms with van der Waals surface area (Å²) in [6.07, 6.45) is 0.333. The summed E-state index contributed by atoms with van der Waals surface area (Å²) in [6.45, 7) is 0.0671. The summed E-state index contributed by atoms with van der Waals surface area (Å²) in [6, 6.07) is 11.2. The molecular formula is C18H14F2N4O2S2. The van der Waals surface area contributed by atoms with Gasteiger partial charge in [0.1, 0.15) is 16.5 Å². The van der Waals surface area contributed by atoms with Gasteiger partial charge in [0.05, 0.1) is 5.69 Å². The molecule has 2 aromatic carbocycles. The van der Waals surface area contributed by atoms with E-state index in [-0.39, 0.29) is 17.3 Å². The predicted octanol–water partition coefficient (Wildman–Crippen LogP) is 3.26. The summed E-state index contributed by atoms with van der Waals surface area (Å²) in [4.78, 5) is 4.60. The fourth-order valence-corrected chi connectivity index (χ4v) is 4.67. The van der Waals surface area contributed by atoms with Crippen LogP contribution in [0.4, 0.5) is 8.78 Å². The van der Waals surface area contributed by atoms with Crippen molar-refractivity contribution in [1.29, 1.82) is 0 Å². The van der Waals surface area contributed by atoms with Crippen molar-refractivity contribution in [3.63, 3.8) is 0 Å². The van der Waals surface area contributed by atoms with Crippen molar-refractivity contribution in [2.45, 2.75) is 11.3 Å². The van der Waals surface area contributed by atoms with Crippen molar-refractivity contribution < 1.29 is 17.2 Å². The van der Waals surface area contributed by atoms with Crippen LogP contribution in [-0.2, 0) is 16.4 Å². The highest BCUT2D eigenvalue weighted by atomic mass is 32.2. The molecule has 0 spiro atoms. The summed E-state index contributed by atoms with van der Waals surface area (Å²) >= 11 is 1.35. The highest BCUT2D eigenvalue weighted by Crippen LogP contribution is 2.22. The second-order valence-electron chi connectivity index (χ2n) is 5.95. The molecule has 144 valence electrons. The third-order valence-corrected chi connectivity index (χ3v) is 6.39. The fraction of sp³-hybridized carbons (Fsp3) is 0.111. The first kappa shape index (κ1) is 18.7. The summed E-state index contributed by atoms with van der Waals surface area (Å²) in [7, 11) is -3.95. The first-order valence-electron chi connectivity index (χ1n) is 8.27. The lowest BCUT2D eigenvalue weighted by Gasteiger charge is -2.07. The Morgan fingerprint density at radius 1 is 1.11 bits per heavy atom. The molecule has 10 heteroatoms. The summed E-state index contributed by atoms with van der Waals surface area (Å²) < 4.78 is 55.6. The van der Waals surface area contributed by atoms with Gasteiger partial charge < -0.3 is 0 Å². The molecule has 4 rings (SSSR count). The van der Waals surface area contributed by atoms with Crippen LogP contribution in [0.15, 0.2) is 58.8 Å². The Bertz CT molecular complexity index is 1250. The van der Waals surface area contributed by atoms with E-state index < -0.39 is 15.8 Å². The zero-order valence-electron chi connectivity index (χ0n) is 14.3. The molecule has 4 aromatic rings. The van der Waals surface area contributed by atoms with Crippen LogP contribution in [0.5, 0.6) is 0 Å². The number of nitrogens with one attached hydrogen (secondary N) is 1. The van der Waals surface area contributed by atoms with Gasteiger partial charge in [-0.3, -0.25) is 0 Å². The number of fused-ring (bicyclic) bond motifs is 1. The van der Waals surface area contributed by atoms with Crippen LogP contribution in [-0.4, -0.2) is 29.6 Å². The normalized spacial score (nSPS) is 11.9. The van der Waals surface area contributed by atoms with Crippen LogP contribution in [0, 0.1) is 11.6 Å². The second kappa shape index (κ2) is 7.38. The molecule has 2 aromatic heterocycles.